The summed E-state index contributed by atoms with van der Waals surface area (Å²) in [4.78, 5) is 22.6. The Morgan fingerprint density at radius 2 is 1.58 bits per heavy atom. The van der Waals surface area contributed by atoms with E-state index in [2.05, 4.69) is 0 Å². The summed E-state index contributed by atoms with van der Waals surface area (Å²) in [5.74, 6) is -2.32. The van der Waals surface area contributed by atoms with Crippen LogP contribution in [-0.4, -0.2) is 11.6 Å². The Morgan fingerprint density at radius 1 is 1.00 bits per heavy atom. The van der Waals surface area contributed by atoms with Gasteiger partial charge in [-0.1, -0.05) is 0 Å². The second-order valence-electron chi connectivity index (χ2n) is 4.63. The number of carbonyl (C=O) groups is 2. The fourth-order valence-electron chi connectivity index (χ4n) is 2.23. The van der Waals surface area contributed by atoms with Crippen molar-refractivity contribution in [3.05, 3.63) is 35.1 Å². The molecule has 0 aliphatic heterocycles. The lowest BCUT2D eigenvalue weighted by Gasteiger charge is -2.21. The average Bonchev–Trinajstić information content (AvgIpc) is 2.25. The Bertz CT molecular complexity index is 518. The van der Waals surface area contributed by atoms with Gasteiger partial charge in [-0.25, -0.2) is 4.39 Å². The summed E-state index contributed by atoms with van der Waals surface area (Å²) in [5, 5.41) is 0. The van der Waals surface area contributed by atoms with Crippen LogP contribution in [0.1, 0.15) is 36.3 Å². The SMILES string of the molecule is O=C1CC(=O)CC(c2cc(F)cc(C(F)(F)F)c2)C1. The lowest BCUT2D eigenvalue weighted by atomic mass is 9.82. The number of carbonyl (C=O) groups excluding carboxylic acids is 2. The molecule has 0 saturated heterocycles. The van der Waals surface area contributed by atoms with Gasteiger partial charge in [-0.3, -0.25) is 9.59 Å². The summed E-state index contributed by atoms with van der Waals surface area (Å²) in [6, 6.07) is 2.15. The Kier molecular flexibility index (Phi) is 3.43. The lowest BCUT2D eigenvalue weighted by Crippen LogP contribution is -2.21. The van der Waals surface area contributed by atoms with Crippen molar-refractivity contribution in [3.63, 3.8) is 0 Å². The third-order valence-corrected chi connectivity index (χ3v) is 3.06. The second-order valence-corrected chi connectivity index (χ2v) is 4.63. The van der Waals surface area contributed by atoms with Gasteiger partial charge in [0.05, 0.1) is 12.0 Å². The van der Waals surface area contributed by atoms with Crippen LogP contribution >= 0.6 is 0 Å². The standard InChI is InChI=1S/C13H10F4O2/c14-10-2-7(1-9(5-10)13(15,16)17)8-3-11(18)6-12(19)4-8/h1-2,5,8H,3-4,6H2. The molecule has 1 aliphatic carbocycles. The second kappa shape index (κ2) is 4.75. The number of rotatable bonds is 1. The first-order valence-electron chi connectivity index (χ1n) is 5.67. The monoisotopic (exact) mass is 274 g/mol. The van der Waals surface area contributed by atoms with Crippen LogP contribution in [0, 0.1) is 5.82 Å². The van der Waals surface area contributed by atoms with Crippen LogP contribution in [-0.2, 0) is 15.8 Å². The van der Waals surface area contributed by atoms with Crippen LogP contribution in [0.15, 0.2) is 18.2 Å². The van der Waals surface area contributed by atoms with Crippen molar-refractivity contribution in [1.82, 2.24) is 0 Å². The maximum atomic E-state index is 13.2. The first kappa shape index (κ1) is 13.7. The first-order valence-corrected chi connectivity index (χ1v) is 5.67. The Morgan fingerprint density at radius 3 is 2.11 bits per heavy atom. The van der Waals surface area contributed by atoms with Gasteiger partial charge >= 0.3 is 6.18 Å². The minimum absolute atomic E-state index is 0.0213. The molecule has 0 spiro atoms. The minimum atomic E-state index is -4.65. The zero-order valence-corrected chi connectivity index (χ0v) is 9.76. The first-order chi connectivity index (χ1) is 8.75. The Balaban J connectivity index is 2.37. The van der Waals surface area contributed by atoms with E-state index in [4.69, 9.17) is 0 Å². The van der Waals surface area contributed by atoms with Crippen molar-refractivity contribution in [2.75, 3.05) is 0 Å². The molecular formula is C13H10F4O2. The molecule has 0 aromatic heterocycles. The zero-order chi connectivity index (χ0) is 14.2. The predicted molar refractivity (Wildman–Crippen MR) is 58.0 cm³/mol. The number of hydrogen-bond acceptors (Lipinski definition) is 2. The van der Waals surface area contributed by atoms with Crippen molar-refractivity contribution in [2.45, 2.75) is 31.4 Å². The van der Waals surface area contributed by atoms with Gasteiger partial charge in [0.1, 0.15) is 17.4 Å². The molecule has 0 amide bonds. The van der Waals surface area contributed by atoms with Gasteiger partial charge in [0.15, 0.2) is 0 Å². The summed E-state index contributed by atoms with van der Waals surface area (Å²) in [6.07, 6.45) is -4.88. The molecule has 1 saturated carbocycles. The molecule has 0 heterocycles. The van der Waals surface area contributed by atoms with Gasteiger partial charge in [0.25, 0.3) is 0 Å². The number of benzene rings is 1. The summed E-state index contributed by atoms with van der Waals surface area (Å²) in [5.41, 5.74) is -1.05. The highest BCUT2D eigenvalue weighted by atomic mass is 19.4. The van der Waals surface area contributed by atoms with Crippen LogP contribution < -0.4 is 0 Å². The zero-order valence-electron chi connectivity index (χ0n) is 9.76. The van der Waals surface area contributed by atoms with Crippen LogP contribution in [0.5, 0.6) is 0 Å². The van der Waals surface area contributed by atoms with E-state index >= 15 is 0 Å². The molecule has 0 bridgehead atoms. The molecule has 0 N–H and O–H groups in total. The van der Waals surface area contributed by atoms with Gasteiger partial charge < -0.3 is 0 Å². The van der Waals surface area contributed by atoms with E-state index in [0.29, 0.717) is 6.07 Å². The Hall–Kier alpha value is -1.72. The van der Waals surface area contributed by atoms with Crippen molar-refractivity contribution in [1.29, 1.82) is 0 Å². The highest BCUT2D eigenvalue weighted by Crippen LogP contribution is 2.35. The van der Waals surface area contributed by atoms with Crippen LogP contribution in [0.25, 0.3) is 0 Å². The van der Waals surface area contributed by atoms with Crippen molar-refractivity contribution < 1.29 is 27.2 Å². The topological polar surface area (TPSA) is 34.1 Å². The molecule has 2 rings (SSSR count). The highest BCUT2D eigenvalue weighted by molar-refractivity contribution is 6.02. The molecule has 6 heteroatoms. The molecule has 0 atom stereocenters. The molecule has 0 unspecified atom stereocenters. The number of halogens is 4. The van der Waals surface area contributed by atoms with E-state index in [0.717, 1.165) is 12.1 Å². The van der Waals surface area contributed by atoms with Gasteiger partial charge in [-0.15, -0.1) is 0 Å². The van der Waals surface area contributed by atoms with E-state index in [1.807, 2.05) is 0 Å². The van der Waals surface area contributed by atoms with E-state index in [1.165, 1.54) is 0 Å². The van der Waals surface area contributed by atoms with Gasteiger partial charge in [-0.05, 0) is 29.7 Å². The van der Waals surface area contributed by atoms with Crippen molar-refractivity contribution >= 4 is 11.6 Å². The highest BCUT2D eigenvalue weighted by Gasteiger charge is 2.33. The normalized spacial score (nSPS) is 17.9. The van der Waals surface area contributed by atoms with E-state index in [9.17, 15) is 27.2 Å². The third-order valence-electron chi connectivity index (χ3n) is 3.06. The van der Waals surface area contributed by atoms with Crippen molar-refractivity contribution in [2.24, 2.45) is 0 Å². The van der Waals surface area contributed by atoms with E-state index in [-0.39, 0.29) is 36.4 Å². The molecule has 1 aliphatic rings. The number of alkyl halides is 3. The van der Waals surface area contributed by atoms with Crippen LogP contribution in [0.2, 0.25) is 0 Å². The van der Waals surface area contributed by atoms with Crippen LogP contribution in [0.3, 0.4) is 0 Å². The molecule has 19 heavy (non-hydrogen) atoms. The smallest absolute Gasteiger partial charge is 0.299 e. The van der Waals surface area contributed by atoms with E-state index < -0.39 is 23.5 Å². The van der Waals surface area contributed by atoms with E-state index in [1.54, 1.807) is 0 Å². The molecule has 0 radical (unpaired) electrons. The van der Waals surface area contributed by atoms with Gasteiger partial charge in [0.2, 0.25) is 0 Å². The molecule has 2 nitrogen and oxygen atoms in total. The molecule has 1 fully saturated rings. The number of Topliss-reactive ketones (excluding diaryl/α,β-unsaturated/α-hetero) is 2. The maximum absolute atomic E-state index is 13.2. The van der Waals surface area contributed by atoms with Gasteiger partial charge in [-0.2, -0.15) is 13.2 Å². The number of ketones is 2. The van der Waals surface area contributed by atoms with Crippen molar-refractivity contribution in [3.8, 4) is 0 Å². The fraction of sp³-hybridized carbons (Fsp3) is 0.385. The predicted octanol–water partition coefficient (Wildman–Crippen LogP) is 3.25. The Labute approximate surface area is 106 Å². The molecule has 102 valence electrons. The fourth-order valence-corrected chi connectivity index (χ4v) is 2.23. The third kappa shape index (κ3) is 3.19. The number of hydrogen-bond donors (Lipinski definition) is 0. The lowest BCUT2D eigenvalue weighted by molar-refractivity contribution is -0.137. The summed E-state index contributed by atoms with van der Waals surface area (Å²) >= 11 is 0. The average molecular weight is 274 g/mol. The largest absolute Gasteiger partial charge is 0.416 e. The molecule has 1 aromatic carbocycles. The molecule has 1 aromatic rings. The molecular weight excluding hydrogens is 264 g/mol. The summed E-state index contributed by atoms with van der Waals surface area (Å²) < 4.78 is 50.9. The minimum Gasteiger partial charge on any atom is -0.299 e. The van der Waals surface area contributed by atoms with Crippen LogP contribution in [0.4, 0.5) is 17.6 Å². The quantitative estimate of drug-likeness (QED) is 0.582. The summed E-state index contributed by atoms with van der Waals surface area (Å²) in [6.45, 7) is 0. The maximum Gasteiger partial charge on any atom is 0.416 e. The summed E-state index contributed by atoms with van der Waals surface area (Å²) in [7, 11) is 0. The van der Waals surface area contributed by atoms with Gasteiger partial charge in [0, 0.05) is 12.8 Å².